The van der Waals surface area contributed by atoms with E-state index in [1.807, 2.05) is 6.92 Å². The number of hydrogen-bond acceptors (Lipinski definition) is 8. The van der Waals surface area contributed by atoms with Crippen LogP contribution >= 0.6 is 0 Å². The molecule has 52 heavy (non-hydrogen) atoms. The first kappa shape index (κ1) is 60.6. The van der Waals surface area contributed by atoms with Crippen LogP contribution in [0.5, 0.6) is 0 Å². The number of hydrogen-bond donors (Lipinski definition) is 7. The van der Waals surface area contributed by atoms with Crippen LogP contribution < -0.4 is 26.6 Å². The van der Waals surface area contributed by atoms with Crippen LogP contribution in [0.15, 0.2) is 0 Å². The standard InChI is InChI=1S/C27H49N2O7.C5H11N2O.C5H11N.2U/c1-2-36-22-21-28-24(30)20-19-23(27(34)35)29-25(31)17-15-13-11-9-7-5-3-4-6-8-10-12-14-16-18-26(32)33;1-3-7-4-5(8)6-2;1-4-6-5(2)3;;/h23H,1-22H2,(H,28,30)(H,29,31)(H,32,33)(H,34,35);7H,1,3-4H2,2H3,(H,6,8);5-6H,1-2,4H2,3H3;;/q2*-1;-2;2*+2/t23-;;;;/m0..../s1. The molecule has 0 aromatic rings. The van der Waals surface area contributed by atoms with Crippen molar-refractivity contribution in [2.24, 2.45) is 0 Å². The molecule has 0 aromatic heterocycles. The number of ether oxygens (including phenoxy) is 1. The van der Waals surface area contributed by atoms with E-state index in [2.05, 4.69) is 54.3 Å². The Hall–Kier alpha value is -0.666. The molecule has 0 aromatic carbocycles. The first-order valence-electron chi connectivity index (χ1n) is 18.4. The van der Waals surface area contributed by atoms with Gasteiger partial charge in [0.25, 0.3) is 0 Å². The summed E-state index contributed by atoms with van der Waals surface area (Å²) in [4.78, 5) is 56.0. The number of amides is 3. The van der Waals surface area contributed by atoms with Crippen LogP contribution in [0.2, 0.25) is 0 Å². The zero-order valence-corrected chi connectivity index (χ0v) is 40.6. The van der Waals surface area contributed by atoms with Crippen molar-refractivity contribution in [3.8, 4) is 0 Å². The number of carboxylic acid groups (broad SMARTS) is 2. The van der Waals surface area contributed by atoms with Gasteiger partial charge in [0.05, 0.1) is 13.2 Å². The molecule has 7 N–H and O–H groups in total. The number of nitrogens with one attached hydrogen (secondary N) is 5. The van der Waals surface area contributed by atoms with Crippen LogP contribution in [0.25, 0.3) is 0 Å². The number of aliphatic carboxylic acids is 2. The SMILES string of the molecule is [CH2-]CNC([CH2-])C.[CH2-]CNCC(=O)NC.[CH2-]COCCNC(=O)CC[C@H](NC(=O)CCCCCCCCCCCCCCCCC(=O)O)C(=O)O.[U+2].[U+2]. The van der Waals surface area contributed by atoms with Gasteiger partial charge in [-0.25, -0.2) is 4.79 Å². The molecule has 15 heteroatoms. The molecule has 2 atom stereocenters. The molecule has 0 spiro atoms. The summed E-state index contributed by atoms with van der Waals surface area (Å²) in [7, 11) is 1.60. The minimum atomic E-state index is -1.13. The van der Waals surface area contributed by atoms with E-state index in [1.165, 1.54) is 44.9 Å². The van der Waals surface area contributed by atoms with Gasteiger partial charge in [0.1, 0.15) is 6.04 Å². The molecule has 0 aliphatic heterocycles. The summed E-state index contributed by atoms with van der Waals surface area (Å²) in [6.45, 7) is 19.0. The van der Waals surface area contributed by atoms with Gasteiger partial charge in [-0.1, -0.05) is 90.6 Å². The molecule has 0 aliphatic rings. The van der Waals surface area contributed by atoms with Crippen molar-refractivity contribution in [3.63, 3.8) is 0 Å². The van der Waals surface area contributed by atoms with Crippen molar-refractivity contribution in [2.75, 3.05) is 46.4 Å². The Bertz CT molecular complexity index is 842. The van der Waals surface area contributed by atoms with Gasteiger partial charge in [0, 0.05) is 32.9 Å². The van der Waals surface area contributed by atoms with Gasteiger partial charge in [-0.3, -0.25) is 19.2 Å². The van der Waals surface area contributed by atoms with Crippen LogP contribution in [0, 0.1) is 89.9 Å². The van der Waals surface area contributed by atoms with Gasteiger partial charge in [0.2, 0.25) is 17.7 Å². The third-order valence-electron chi connectivity index (χ3n) is 7.28. The monoisotopic (exact) mass is 1190 g/mol. The van der Waals surface area contributed by atoms with Crippen LogP contribution in [0.4, 0.5) is 0 Å². The van der Waals surface area contributed by atoms with Crippen molar-refractivity contribution in [2.45, 2.75) is 135 Å². The van der Waals surface area contributed by atoms with E-state index in [0.717, 1.165) is 51.5 Å². The summed E-state index contributed by atoms with van der Waals surface area (Å²) >= 11 is 0. The Kier molecular flexibility index (Phi) is 56.3. The molecule has 0 aliphatic carbocycles. The third-order valence-corrected chi connectivity index (χ3v) is 7.28. The van der Waals surface area contributed by atoms with E-state index >= 15 is 0 Å². The van der Waals surface area contributed by atoms with Gasteiger partial charge in [-0.05, 0) is 19.3 Å². The molecule has 0 radical (unpaired) electrons. The Morgan fingerprint density at radius 2 is 1.15 bits per heavy atom. The summed E-state index contributed by atoms with van der Waals surface area (Å²) in [5.74, 6) is -2.39. The third kappa shape index (κ3) is 53.7. The number of rotatable bonds is 31. The van der Waals surface area contributed by atoms with E-state index in [1.54, 1.807) is 7.05 Å². The minimum Gasteiger partial charge on any atom is -0.481 e. The molecule has 0 rings (SSSR count). The second kappa shape index (κ2) is 48.4. The predicted molar refractivity (Wildman–Crippen MR) is 200 cm³/mol. The van der Waals surface area contributed by atoms with E-state index in [9.17, 15) is 29.1 Å². The molecule has 0 bridgehead atoms. The topological polar surface area (TPSA) is 195 Å². The van der Waals surface area contributed by atoms with Crippen LogP contribution in [0.3, 0.4) is 0 Å². The Labute approximate surface area is 363 Å². The van der Waals surface area contributed by atoms with E-state index in [0.29, 0.717) is 45.3 Å². The zero-order valence-electron chi connectivity index (χ0n) is 32.3. The minimum absolute atomic E-state index is 0. The number of unbranched alkanes of at least 4 members (excludes halogenated alkanes) is 13. The Morgan fingerprint density at radius 3 is 1.52 bits per heavy atom. The second-order valence-corrected chi connectivity index (χ2v) is 12.0. The quantitative estimate of drug-likeness (QED) is 0.0386. The van der Waals surface area contributed by atoms with Crippen molar-refractivity contribution in [3.05, 3.63) is 27.7 Å². The predicted octanol–water partition coefficient (Wildman–Crippen LogP) is 4.42. The molecule has 300 valence electrons. The molecule has 0 saturated carbocycles. The molecule has 13 nitrogen and oxygen atoms in total. The summed E-state index contributed by atoms with van der Waals surface area (Å²) in [5, 5.41) is 31.3. The maximum Gasteiger partial charge on any atom is 2.00 e. The van der Waals surface area contributed by atoms with Gasteiger partial charge in [-0.15, -0.1) is 19.1 Å². The molecule has 0 heterocycles. The summed E-state index contributed by atoms with van der Waals surface area (Å²) in [6.07, 6.45) is 16.1. The molecular weight excluding hydrogens is 1120 g/mol. The van der Waals surface area contributed by atoms with Gasteiger partial charge < -0.3 is 69.2 Å². The van der Waals surface area contributed by atoms with Crippen LogP contribution in [0.1, 0.15) is 122 Å². The Balaban J connectivity index is -0.000000385. The van der Waals surface area contributed by atoms with Crippen molar-refractivity contribution in [1.82, 2.24) is 26.6 Å². The largest absolute Gasteiger partial charge is 2.00 e. The van der Waals surface area contributed by atoms with E-state index in [-0.39, 0.29) is 99.2 Å². The molecule has 0 fully saturated rings. The number of carboxylic acids is 2. The fourth-order valence-electron chi connectivity index (χ4n) is 4.47. The van der Waals surface area contributed by atoms with Crippen molar-refractivity contribution in [1.29, 1.82) is 0 Å². The van der Waals surface area contributed by atoms with Gasteiger partial charge in [0.15, 0.2) is 0 Å². The van der Waals surface area contributed by atoms with E-state index < -0.39 is 18.0 Å². The van der Waals surface area contributed by atoms with E-state index in [4.69, 9.17) is 9.84 Å². The average molecular weight is 1190 g/mol. The summed E-state index contributed by atoms with van der Waals surface area (Å²) in [5.41, 5.74) is 0. The molecule has 1 unspecified atom stereocenters. The smallest absolute Gasteiger partial charge is 0.481 e. The number of carbonyl (C=O) groups excluding carboxylic acids is 3. The van der Waals surface area contributed by atoms with Crippen molar-refractivity contribution >= 4 is 29.7 Å². The molecule has 3 amide bonds. The molecule has 0 saturated heterocycles. The van der Waals surface area contributed by atoms with Crippen LogP contribution in [-0.2, 0) is 28.7 Å². The maximum absolute atomic E-state index is 12.1. The first-order chi connectivity index (χ1) is 23.9. The Morgan fingerprint density at radius 1 is 0.673 bits per heavy atom. The zero-order chi connectivity index (χ0) is 38.3. The van der Waals surface area contributed by atoms with Gasteiger partial charge in [-0.2, -0.15) is 0 Å². The summed E-state index contributed by atoms with van der Waals surface area (Å²) < 4.78 is 5.02. The first-order valence-corrected chi connectivity index (χ1v) is 18.4. The number of likely N-dealkylation sites (N-methyl/N-ethyl adjacent to an activating group) is 1. The normalized spacial score (nSPS) is 11.1. The number of carbonyl (C=O) groups is 5. The fraction of sp³-hybridized carbons (Fsp3) is 0.757. The second-order valence-electron chi connectivity index (χ2n) is 12.0. The molecular formula is C37H71N5O8U2. The average Bonchev–Trinajstić information content (AvgIpc) is 3.07. The fourth-order valence-corrected chi connectivity index (χ4v) is 4.47. The maximum atomic E-state index is 12.1. The van der Waals surface area contributed by atoms with Gasteiger partial charge >= 0.3 is 74.2 Å². The summed E-state index contributed by atoms with van der Waals surface area (Å²) in [6, 6.07) is -0.723. The van der Waals surface area contributed by atoms with Crippen LogP contribution in [-0.4, -0.2) is 98.4 Å². The van der Waals surface area contributed by atoms with Crippen molar-refractivity contribution < 1.29 is 101 Å².